The van der Waals surface area contributed by atoms with E-state index in [0.717, 1.165) is 29.2 Å². The molecule has 1 rings (SSSR count). The average molecular weight is 297 g/mol. The predicted molar refractivity (Wildman–Crippen MR) is 83.4 cm³/mol. The van der Waals surface area contributed by atoms with Crippen LogP contribution in [0.4, 0.5) is 0 Å². The number of aliphatic hydroxyl groups excluding tert-OH is 1. The third-order valence-corrected chi connectivity index (χ3v) is 3.93. The number of carbonyl (C=O) groups is 1. The van der Waals surface area contributed by atoms with E-state index >= 15 is 0 Å². The van der Waals surface area contributed by atoms with E-state index in [0.29, 0.717) is 6.54 Å². The first-order chi connectivity index (χ1) is 9.63. The molecule has 0 spiro atoms. The zero-order valence-corrected chi connectivity index (χ0v) is 13.0. The SMILES string of the molecule is Cc1ccc(OCC(=O)NCCSCCCO)cc1C. The molecular formula is C15H23NO3S. The Morgan fingerprint density at radius 3 is 2.80 bits per heavy atom. The molecule has 0 aliphatic heterocycles. The smallest absolute Gasteiger partial charge is 0.257 e. The minimum absolute atomic E-state index is 0.0454. The van der Waals surface area contributed by atoms with E-state index in [2.05, 4.69) is 5.32 Å². The number of amides is 1. The third-order valence-electron chi connectivity index (χ3n) is 2.86. The van der Waals surface area contributed by atoms with Gasteiger partial charge in [0.05, 0.1) is 0 Å². The molecule has 112 valence electrons. The summed E-state index contributed by atoms with van der Waals surface area (Å²) in [5, 5.41) is 11.4. The summed E-state index contributed by atoms with van der Waals surface area (Å²) in [5.41, 5.74) is 2.37. The van der Waals surface area contributed by atoms with Crippen molar-refractivity contribution < 1.29 is 14.6 Å². The van der Waals surface area contributed by atoms with Gasteiger partial charge in [-0.1, -0.05) is 6.07 Å². The van der Waals surface area contributed by atoms with Gasteiger partial charge >= 0.3 is 0 Å². The molecule has 4 nitrogen and oxygen atoms in total. The van der Waals surface area contributed by atoms with Crippen LogP contribution in [0.25, 0.3) is 0 Å². The molecule has 1 amide bonds. The van der Waals surface area contributed by atoms with Gasteiger partial charge in [-0.3, -0.25) is 4.79 Å². The van der Waals surface area contributed by atoms with Crippen molar-refractivity contribution in [2.75, 3.05) is 31.3 Å². The fourth-order valence-corrected chi connectivity index (χ4v) is 2.32. The first-order valence-corrected chi connectivity index (χ1v) is 7.94. The number of carbonyl (C=O) groups excluding carboxylic acids is 1. The standard InChI is InChI=1S/C15H23NO3S/c1-12-4-5-14(10-13(12)2)19-11-15(18)16-6-9-20-8-3-7-17/h4-5,10,17H,3,6-9,11H2,1-2H3,(H,16,18). The minimum Gasteiger partial charge on any atom is -0.484 e. The summed E-state index contributed by atoms with van der Waals surface area (Å²) >= 11 is 1.72. The molecule has 0 fully saturated rings. The number of benzene rings is 1. The highest BCUT2D eigenvalue weighted by Crippen LogP contribution is 2.16. The summed E-state index contributed by atoms with van der Waals surface area (Å²) in [4.78, 5) is 11.6. The van der Waals surface area contributed by atoms with E-state index in [-0.39, 0.29) is 19.1 Å². The average Bonchev–Trinajstić information content (AvgIpc) is 2.44. The van der Waals surface area contributed by atoms with Crippen LogP contribution < -0.4 is 10.1 Å². The topological polar surface area (TPSA) is 58.6 Å². The number of thioether (sulfide) groups is 1. The van der Waals surface area contributed by atoms with E-state index in [9.17, 15) is 4.79 Å². The van der Waals surface area contributed by atoms with Crippen LogP contribution in [0.3, 0.4) is 0 Å². The maximum atomic E-state index is 11.6. The molecular weight excluding hydrogens is 274 g/mol. The van der Waals surface area contributed by atoms with Crippen LogP contribution in [-0.2, 0) is 4.79 Å². The third kappa shape index (κ3) is 6.82. The van der Waals surface area contributed by atoms with Gasteiger partial charge < -0.3 is 15.2 Å². The second-order valence-corrected chi connectivity index (χ2v) is 5.80. The number of aryl methyl sites for hydroxylation is 2. The summed E-state index contributed by atoms with van der Waals surface area (Å²) in [6.07, 6.45) is 0.800. The fraction of sp³-hybridized carbons (Fsp3) is 0.533. The number of hydrogen-bond donors (Lipinski definition) is 2. The van der Waals surface area contributed by atoms with Crippen LogP contribution in [-0.4, -0.2) is 42.3 Å². The second kappa shape index (κ2) is 9.66. The van der Waals surface area contributed by atoms with Crippen molar-refractivity contribution in [3.63, 3.8) is 0 Å². The molecule has 0 heterocycles. The Bertz CT molecular complexity index is 424. The fourth-order valence-electron chi connectivity index (χ4n) is 1.53. The molecule has 0 radical (unpaired) electrons. The monoisotopic (exact) mass is 297 g/mol. The van der Waals surface area contributed by atoms with E-state index in [1.54, 1.807) is 11.8 Å². The zero-order valence-electron chi connectivity index (χ0n) is 12.1. The number of ether oxygens (including phenoxy) is 1. The lowest BCUT2D eigenvalue weighted by Gasteiger charge is -2.09. The van der Waals surface area contributed by atoms with Gasteiger partial charge in [-0.15, -0.1) is 0 Å². The van der Waals surface area contributed by atoms with Crippen molar-refractivity contribution in [2.24, 2.45) is 0 Å². The van der Waals surface area contributed by atoms with Gasteiger partial charge in [-0.25, -0.2) is 0 Å². The van der Waals surface area contributed by atoms with E-state index in [1.807, 2.05) is 32.0 Å². The minimum atomic E-state index is -0.106. The lowest BCUT2D eigenvalue weighted by atomic mass is 10.1. The largest absolute Gasteiger partial charge is 0.484 e. The maximum absolute atomic E-state index is 11.6. The first-order valence-electron chi connectivity index (χ1n) is 6.79. The molecule has 0 aliphatic rings. The number of rotatable bonds is 9. The number of hydrogen-bond acceptors (Lipinski definition) is 4. The Morgan fingerprint density at radius 2 is 2.10 bits per heavy atom. The van der Waals surface area contributed by atoms with Crippen LogP contribution >= 0.6 is 11.8 Å². The van der Waals surface area contributed by atoms with Crippen molar-refractivity contribution in [1.82, 2.24) is 5.32 Å². The molecule has 0 unspecified atom stereocenters. The van der Waals surface area contributed by atoms with Gasteiger partial charge in [0.2, 0.25) is 0 Å². The molecule has 0 aliphatic carbocycles. The van der Waals surface area contributed by atoms with Crippen LogP contribution in [0.1, 0.15) is 17.5 Å². The zero-order chi connectivity index (χ0) is 14.8. The van der Waals surface area contributed by atoms with Gasteiger partial charge in [0, 0.05) is 18.9 Å². The highest BCUT2D eigenvalue weighted by atomic mass is 32.2. The van der Waals surface area contributed by atoms with Crippen molar-refractivity contribution in [3.8, 4) is 5.75 Å². The quantitative estimate of drug-likeness (QED) is 0.684. The Hall–Kier alpha value is -1.20. The molecule has 0 aromatic heterocycles. The molecule has 5 heteroatoms. The second-order valence-electron chi connectivity index (χ2n) is 4.57. The van der Waals surface area contributed by atoms with Gasteiger partial charge in [0.1, 0.15) is 5.75 Å². The molecule has 1 aromatic carbocycles. The molecule has 0 atom stereocenters. The van der Waals surface area contributed by atoms with E-state index < -0.39 is 0 Å². The van der Waals surface area contributed by atoms with Crippen LogP contribution in [0.2, 0.25) is 0 Å². The van der Waals surface area contributed by atoms with Crippen molar-refractivity contribution in [2.45, 2.75) is 20.3 Å². The molecule has 0 saturated carbocycles. The first kappa shape index (κ1) is 16.9. The number of aliphatic hydroxyl groups is 1. The Labute approximate surface area is 124 Å². The Morgan fingerprint density at radius 1 is 1.30 bits per heavy atom. The maximum Gasteiger partial charge on any atom is 0.257 e. The van der Waals surface area contributed by atoms with Crippen molar-refractivity contribution in [1.29, 1.82) is 0 Å². The van der Waals surface area contributed by atoms with Crippen LogP contribution in [0.5, 0.6) is 5.75 Å². The van der Waals surface area contributed by atoms with Gasteiger partial charge in [0.25, 0.3) is 5.91 Å². The lowest BCUT2D eigenvalue weighted by molar-refractivity contribution is -0.122. The van der Waals surface area contributed by atoms with Crippen molar-refractivity contribution in [3.05, 3.63) is 29.3 Å². The van der Waals surface area contributed by atoms with Gasteiger partial charge in [-0.05, 0) is 49.3 Å². The summed E-state index contributed by atoms with van der Waals surface area (Å²) in [7, 11) is 0. The van der Waals surface area contributed by atoms with Gasteiger partial charge in [-0.2, -0.15) is 11.8 Å². The molecule has 20 heavy (non-hydrogen) atoms. The normalized spacial score (nSPS) is 10.3. The summed E-state index contributed by atoms with van der Waals surface area (Å²) < 4.78 is 5.45. The van der Waals surface area contributed by atoms with Crippen LogP contribution in [0.15, 0.2) is 18.2 Å². The molecule has 2 N–H and O–H groups in total. The lowest BCUT2D eigenvalue weighted by Crippen LogP contribution is -2.30. The number of nitrogens with one attached hydrogen (secondary N) is 1. The highest BCUT2D eigenvalue weighted by Gasteiger charge is 2.03. The van der Waals surface area contributed by atoms with Crippen LogP contribution in [0, 0.1) is 13.8 Å². The molecule has 0 bridgehead atoms. The van der Waals surface area contributed by atoms with Crippen molar-refractivity contribution >= 4 is 17.7 Å². The summed E-state index contributed by atoms with van der Waals surface area (Å²) in [5.74, 6) is 2.40. The Kier molecular flexibility index (Phi) is 8.14. The highest BCUT2D eigenvalue weighted by molar-refractivity contribution is 7.99. The molecule has 0 saturated heterocycles. The summed E-state index contributed by atoms with van der Waals surface area (Å²) in [6.45, 7) is 4.96. The van der Waals surface area contributed by atoms with E-state index in [1.165, 1.54) is 5.56 Å². The van der Waals surface area contributed by atoms with E-state index in [4.69, 9.17) is 9.84 Å². The Balaban J connectivity index is 2.15. The predicted octanol–water partition coefficient (Wildman–Crippen LogP) is 1.91. The molecule has 1 aromatic rings. The van der Waals surface area contributed by atoms with Gasteiger partial charge in [0.15, 0.2) is 6.61 Å². The summed E-state index contributed by atoms with van der Waals surface area (Å²) in [6, 6.07) is 5.80.